The molecule has 0 atom stereocenters. The third-order valence-corrected chi connectivity index (χ3v) is 7.20. The number of benzene rings is 2. The Morgan fingerprint density at radius 3 is 2.78 bits per heavy atom. The zero-order valence-electron chi connectivity index (χ0n) is 20.5. The lowest BCUT2D eigenvalue weighted by Gasteiger charge is -2.14. The van der Waals surface area contributed by atoms with Crippen molar-refractivity contribution in [2.24, 2.45) is 0 Å². The van der Waals surface area contributed by atoms with Crippen molar-refractivity contribution in [1.82, 2.24) is 25.1 Å². The molecule has 3 N–H and O–H groups in total. The number of nitrogens with two attached hydrogens (primary N) is 1. The van der Waals surface area contributed by atoms with Gasteiger partial charge in [-0.25, -0.2) is 4.98 Å². The van der Waals surface area contributed by atoms with Gasteiger partial charge in [0.2, 0.25) is 0 Å². The van der Waals surface area contributed by atoms with Crippen LogP contribution in [0.15, 0.2) is 61.2 Å². The Morgan fingerprint density at radius 1 is 1.08 bits per heavy atom. The molecule has 2 aromatic carbocycles. The van der Waals surface area contributed by atoms with Crippen LogP contribution >= 0.6 is 0 Å². The number of nitrogen functional groups attached to an aromatic ring is 1. The highest BCUT2D eigenvalue weighted by Gasteiger charge is 2.23. The van der Waals surface area contributed by atoms with E-state index in [0.29, 0.717) is 30.4 Å². The van der Waals surface area contributed by atoms with Crippen molar-refractivity contribution in [2.45, 2.75) is 45.7 Å². The first-order chi connectivity index (χ1) is 17.5. The quantitative estimate of drug-likeness (QED) is 0.358. The van der Waals surface area contributed by atoms with Gasteiger partial charge in [0, 0.05) is 35.9 Å². The molecule has 180 valence electrons. The summed E-state index contributed by atoms with van der Waals surface area (Å²) in [5.41, 5.74) is 13.3. The summed E-state index contributed by atoms with van der Waals surface area (Å²) in [7, 11) is 0. The molecule has 0 unspecified atom stereocenters. The van der Waals surface area contributed by atoms with Crippen LogP contribution in [0.1, 0.15) is 56.9 Å². The van der Waals surface area contributed by atoms with E-state index in [1.54, 1.807) is 23.3 Å². The monoisotopic (exact) mass is 476 g/mol. The lowest BCUT2D eigenvalue weighted by Crippen LogP contribution is -2.23. The van der Waals surface area contributed by atoms with E-state index in [1.165, 1.54) is 18.4 Å². The summed E-state index contributed by atoms with van der Waals surface area (Å²) < 4.78 is 1.80. The predicted octanol–water partition coefficient (Wildman–Crippen LogP) is 5.03. The number of hydrogen-bond donors (Lipinski definition) is 2. The number of anilines is 1. The first kappa shape index (κ1) is 22.2. The molecule has 5 aromatic rings. The molecular formula is C29H28N6O. The van der Waals surface area contributed by atoms with Crippen LogP contribution in [0.4, 0.5) is 5.82 Å². The zero-order chi connectivity index (χ0) is 24.8. The van der Waals surface area contributed by atoms with Gasteiger partial charge in [-0.05, 0) is 96.1 Å². The molecule has 1 saturated carbocycles. The van der Waals surface area contributed by atoms with Gasteiger partial charge in [-0.3, -0.25) is 14.5 Å². The van der Waals surface area contributed by atoms with E-state index in [0.717, 1.165) is 43.9 Å². The average Bonchev–Trinajstić information content (AvgIpc) is 3.62. The summed E-state index contributed by atoms with van der Waals surface area (Å²) in [6.07, 6.45) is 9.66. The summed E-state index contributed by atoms with van der Waals surface area (Å²) in [5, 5.41) is 10.6. The first-order valence-electron chi connectivity index (χ1n) is 12.3. The van der Waals surface area contributed by atoms with Gasteiger partial charge in [-0.15, -0.1) is 0 Å². The number of nitrogens with one attached hydrogen (secondary N) is 1. The van der Waals surface area contributed by atoms with Gasteiger partial charge in [0.15, 0.2) is 0 Å². The largest absolute Gasteiger partial charge is 0.383 e. The SMILES string of the molecule is Cc1cc2c(N)nccc2c(C)c1CNC(=O)c1cnn(Cc2ccc3ncc(C4CC4)cc3c2)c1. The number of fused-ring (bicyclic) bond motifs is 2. The molecular weight excluding hydrogens is 448 g/mol. The average molecular weight is 477 g/mol. The minimum atomic E-state index is -0.147. The Bertz CT molecular complexity index is 1630. The molecule has 1 fully saturated rings. The minimum absolute atomic E-state index is 0.147. The molecule has 7 heteroatoms. The number of rotatable bonds is 6. The first-order valence-corrected chi connectivity index (χ1v) is 12.3. The number of pyridine rings is 2. The normalized spacial score (nSPS) is 13.4. The molecule has 3 heterocycles. The summed E-state index contributed by atoms with van der Waals surface area (Å²) in [5.74, 6) is 1.05. The van der Waals surface area contributed by atoms with Crippen molar-refractivity contribution in [3.63, 3.8) is 0 Å². The molecule has 6 rings (SSSR count). The van der Waals surface area contributed by atoms with Crippen molar-refractivity contribution in [1.29, 1.82) is 0 Å². The maximum atomic E-state index is 12.9. The molecule has 0 spiro atoms. The second-order valence-electron chi connectivity index (χ2n) is 9.77. The second-order valence-corrected chi connectivity index (χ2v) is 9.77. The summed E-state index contributed by atoms with van der Waals surface area (Å²) >= 11 is 0. The van der Waals surface area contributed by atoms with E-state index in [1.807, 2.05) is 25.3 Å². The molecule has 0 radical (unpaired) electrons. The summed E-state index contributed by atoms with van der Waals surface area (Å²) in [4.78, 5) is 21.7. The van der Waals surface area contributed by atoms with Crippen LogP contribution in [-0.2, 0) is 13.1 Å². The topological polar surface area (TPSA) is 98.7 Å². The minimum Gasteiger partial charge on any atom is -0.383 e. The fourth-order valence-corrected chi connectivity index (χ4v) is 4.96. The number of aryl methyl sites for hydroxylation is 2. The lowest BCUT2D eigenvalue weighted by molar-refractivity contribution is 0.0950. The third kappa shape index (κ3) is 4.17. The number of nitrogens with zero attached hydrogens (tertiary/aromatic N) is 4. The number of carbonyl (C=O) groups excluding carboxylic acids is 1. The van der Waals surface area contributed by atoms with E-state index in [4.69, 9.17) is 5.73 Å². The number of hydrogen-bond acceptors (Lipinski definition) is 5. The van der Waals surface area contributed by atoms with Crippen molar-refractivity contribution in [3.8, 4) is 0 Å². The Labute approximate surface area is 209 Å². The van der Waals surface area contributed by atoms with Crippen molar-refractivity contribution < 1.29 is 4.79 Å². The van der Waals surface area contributed by atoms with Crippen LogP contribution in [-0.4, -0.2) is 25.7 Å². The third-order valence-electron chi connectivity index (χ3n) is 7.20. The van der Waals surface area contributed by atoms with Crippen LogP contribution in [0, 0.1) is 13.8 Å². The number of aromatic nitrogens is 4. The van der Waals surface area contributed by atoms with Gasteiger partial charge in [-0.2, -0.15) is 5.10 Å². The van der Waals surface area contributed by atoms with E-state index < -0.39 is 0 Å². The maximum Gasteiger partial charge on any atom is 0.254 e. The molecule has 7 nitrogen and oxygen atoms in total. The van der Waals surface area contributed by atoms with Crippen molar-refractivity contribution in [3.05, 3.63) is 94.6 Å². The highest BCUT2D eigenvalue weighted by Crippen LogP contribution is 2.40. The highest BCUT2D eigenvalue weighted by atomic mass is 16.1. The van der Waals surface area contributed by atoms with Gasteiger partial charge in [0.1, 0.15) is 5.82 Å². The Morgan fingerprint density at radius 2 is 1.94 bits per heavy atom. The predicted molar refractivity (Wildman–Crippen MR) is 142 cm³/mol. The number of carbonyl (C=O) groups is 1. The lowest BCUT2D eigenvalue weighted by atomic mass is 9.96. The zero-order valence-corrected chi connectivity index (χ0v) is 20.5. The van der Waals surface area contributed by atoms with Crippen LogP contribution in [0.2, 0.25) is 0 Å². The van der Waals surface area contributed by atoms with Crippen LogP contribution in [0.25, 0.3) is 21.7 Å². The van der Waals surface area contributed by atoms with E-state index in [9.17, 15) is 4.79 Å². The van der Waals surface area contributed by atoms with Crippen molar-refractivity contribution >= 4 is 33.4 Å². The summed E-state index contributed by atoms with van der Waals surface area (Å²) in [6, 6.07) is 12.6. The second kappa shape index (κ2) is 8.75. The van der Waals surface area contributed by atoms with Gasteiger partial charge in [0.05, 0.1) is 23.8 Å². The van der Waals surface area contributed by atoms with Gasteiger partial charge < -0.3 is 11.1 Å². The maximum absolute atomic E-state index is 12.9. The smallest absolute Gasteiger partial charge is 0.254 e. The van der Waals surface area contributed by atoms with Gasteiger partial charge in [-0.1, -0.05) is 6.07 Å². The van der Waals surface area contributed by atoms with E-state index in [2.05, 4.69) is 51.6 Å². The highest BCUT2D eigenvalue weighted by molar-refractivity contribution is 5.95. The van der Waals surface area contributed by atoms with Gasteiger partial charge in [0.25, 0.3) is 5.91 Å². The van der Waals surface area contributed by atoms with Crippen LogP contribution in [0.5, 0.6) is 0 Å². The standard InChI is InChI=1S/C29H28N6O/c1-17-9-25-24(7-8-31-28(25)30)18(2)26(17)14-33-29(36)23-13-34-35(16-23)15-19-3-6-27-21(10-19)11-22(12-32-27)20-4-5-20/h3,6-13,16,20H,4-5,14-15H2,1-2H3,(H2,30,31)(H,33,36). The van der Waals surface area contributed by atoms with Crippen molar-refractivity contribution in [2.75, 3.05) is 5.73 Å². The number of amides is 1. The summed E-state index contributed by atoms with van der Waals surface area (Å²) in [6.45, 7) is 5.11. The van der Waals surface area contributed by atoms with Gasteiger partial charge >= 0.3 is 0 Å². The molecule has 0 bridgehead atoms. The van der Waals surface area contributed by atoms with Crippen LogP contribution in [0.3, 0.4) is 0 Å². The molecule has 1 aliphatic rings. The Balaban J connectivity index is 1.16. The van der Waals surface area contributed by atoms with E-state index in [-0.39, 0.29) is 5.91 Å². The van der Waals surface area contributed by atoms with E-state index >= 15 is 0 Å². The molecule has 1 aliphatic carbocycles. The molecule has 36 heavy (non-hydrogen) atoms. The van der Waals surface area contributed by atoms with Crippen LogP contribution < -0.4 is 11.1 Å². The molecule has 3 aromatic heterocycles. The molecule has 0 aliphatic heterocycles. The Hall–Kier alpha value is -4.26. The fourth-order valence-electron chi connectivity index (χ4n) is 4.96. The Kier molecular flexibility index (Phi) is 5.40. The molecule has 0 saturated heterocycles. The molecule has 1 amide bonds. The fraction of sp³-hybridized carbons (Fsp3) is 0.241.